The Morgan fingerprint density at radius 1 is 1.53 bits per heavy atom. The molecule has 2 unspecified atom stereocenters. The van der Waals surface area contributed by atoms with Crippen molar-refractivity contribution in [3.63, 3.8) is 0 Å². The van der Waals surface area contributed by atoms with Gasteiger partial charge in [-0.15, -0.1) is 0 Å². The maximum Gasteiger partial charge on any atom is 0.223 e. The van der Waals surface area contributed by atoms with Crippen LogP contribution in [0, 0.1) is 11.3 Å². The first-order valence-corrected chi connectivity index (χ1v) is 5.90. The van der Waals surface area contributed by atoms with Crippen molar-refractivity contribution in [3.05, 3.63) is 0 Å². The second-order valence-electron chi connectivity index (χ2n) is 5.39. The predicted molar refractivity (Wildman–Crippen MR) is 58.5 cm³/mol. The van der Waals surface area contributed by atoms with Gasteiger partial charge in [0.2, 0.25) is 5.91 Å². The van der Waals surface area contributed by atoms with E-state index in [1.54, 1.807) is 0 Å². The van der Waals surface area contributed by atoms with Crippen LogP contribution in [0.15, 0.2) is 0 Å². The van der Waals surface area contributed by atoms with E-state index in [-0.39, 0.29) is 5.41 Å². The molecule has 0 aromatic heterocycles. The first-order chi connectivity index (χ1) is 7.07. The second-order valence-corrected chi connectivity index (χ2v) is 5.39. The number of hydrogen-bond acceptors (Lipinski definition) is 2. The fourth-order valence-corrected chi connectivity index (χ4v) is 3.50. The fourth-order valence-electron chi connectivity index (χ4n) is 3.50. The van der Waals surface area contributed by atoms with E-state index in [1.807, 2.05) is 11.9 Å². The van der Waals surface area contributed by atoms with Gasteiger partial charge in [-0.3, -0.25) is 4.79 Å². The van der Waals surface area contributed by atoms with Gasteiger partial charge in [0.1, 0.15) is 0 Å². The summed E-state index contributed by atoms with van der Waals surface area (Å²) in [6.45, 7) is 6.04. The summed E-state index contributed by atoms with van der Waals surface area (Å²) in [5.41, 5.74) is 0.109. The Bertz CT molecular complexity index is 256. The van der Waals surface area contributed by atoms with Crippen LogP contribution in [0.5, 0.6) is 0 Å². The van der Waals surface area contributed by atoms with Crippen LogP contribution in [-0.4, -0.2) is 37.1 Å². The van der Waals surface area contributed by atoms with Crippen LogP contribution in [0.2, 0.25) is 0 Å². The highest BCUT2D eigenvalue weighted by atomic mass is 16.5. The summed E-state index contributed by atoms with van der Waals surface area (Å²) in [5.74, 6) is 0.808. The summed E-state index contributed by atoms with van der Waals surface area (Å²) in [7, 11) is 1.94. The number of amides is 1. The molecule has 0 bridgehead atoms. The molecule has 2 saturated heterocycles. The number of carbonyl (C=O) groups is 1. The van der Waals surface area contributed by atoms with Gasteiger partial charge < -0.3 is 9.64 Å². The van der Waals surface area contributed by atoms with Crippen LogP contribution in [0.4, 0.5) is 0 Å². The zero-order valence-electron chi connectivity index (χ0n) is 9.95. The van der Waals surface area contributed by atoms with Crippen LogP contribution >= 0.6 is 0 Å². The minimum absolute atomic E-state index is 0.109. The third-order valence-electron chi connectivity index (χ3n) is 3.93. The Kier molecular flexibility index (Phi) is 2.75. The molecule has 3 heteroatoms. The Labute approximate surface area is 91.8 Å². The third-order valence-corrected chi connectivity index (χ3v) is 3.93. The van der Waals surface area contributed by atoms with Crippen molar-refractivity contribution in [2.75, 3.05) is 20.3 Å². The number of ether oxygens (including phenoxy) is 1. The predicted octanol–water partition coefficient (Wildman–Crippen LogP) is 1.67. The Morgan fingerprint density at radius 3 is 2.80 bits per heavy atom. The van der Waals surface area contributed by atoms with Crippen LogP contribution in [-0.2, 0) is 9.53 Å². The van der Waals surface area contributed by atoms with Gasteiger partial charge >= 0.3 is 0 Å². The van der Waals surface area contributed by atoms with Crippen LogP contribution in [0.3, 0.4) is 0 Å². The van der Waals surface area contributed by atoms with E-state index in [4.69, 9.17) is 4.74 Å². The van der Waals surface area contributed by atoms with Crippen LogP contribution in [0.1, 0.15) is 33.1 Å². The number of carbonyl (C=O) groups excluding carboxylic acids is 1. The van der Waals surface area contributed by atoms with Gasteiger partial charge in [-0.25, -0.2) is 0 Å². The van der Waals surface area contributed by atoms with E-state index in [9.17, 15) is 4.79 Å². The molecule has 0 radical (unpaired) electrons. The number of hydrogen-bond donors (Lipinski definition) is 0. The average Bonchev–Trinajstić information content (AvgIpc) is 2.40. The van der Waals surface area contributed by atoms with E-state index < -0.39 is 0 Å². The lowest BCUT2D eigenvalue weighted by molar-refractivity contribution is -0.128. The lowest BCUT2D eigenvalue weighted by atomic mass is 9.72. The lowest BCUT2D eigenvalue weighted by Gasteiger charge is -2.41. The summed E-state index contributed by atoms with van der Waals surface area (Å²) >= 11 is 0. The van der Waals surface area contributed by atoms with E-state index in [2.05, 4.69) is 13.8 Å². The summed E-state index contributed by atoms with van der Waals surface area (Å²) in [6.07, 6.45) is 2.93. The van der Waals surface area contributed by atoms with Gasteiger partial charge in [-0.2, -0.15) is 0 Å². The van der Waals surface area contributed by atoms with Crippen LogP contribution < -0.4 is 0 Å². The highest BCUT2D eigenvalue weighted by molar-refractivity contribution is 5.80. The Hall–Kier alpha value is -0.570. The van der Waals surface area contributed by atoms with Crippen molar-refractivity contribution >= 4 is 5.91 Å². The second kappa shape index (κ2) is 3.78. The summed E-state index contributed by atoms with van der Waals surface area (Å²) in [6, 6.07) is 0.366. The molecule has 2 rings (SSSR count). The molecule has 1 spiro atoms. The maximum absolute atomic E-state index is 11.8. The highest BCUT2D eigenvalue weighted by Crippen LogP contribution is 2.46. The zero-order valence-corrected chi connectivity index (χ0v) is 9.95. The molecule has 0 aliphatic carbocycles. The molecular weight excluding hydrogens is 190 g/mol. The molecule has 2 heterocycles. The monoisotopic (exact) mass is 211 g/mol. The average molecular weight is 211 g/mol. The molecule has 0 N–H and O–H groups in total. The Balaban J connectivity index is 2.25. The number of rotatable bonds is 1. The van der Waals surface area contributed by atoms with Gasteiger partial charge in [0.25, 0.3) is 0 Å². The summed E-state index contributed by atoms with van der Waals surface area (Å²) < 4.78 is 5.61. The van der Waals surface area contributed by atoms with Crippen molar-refractivity contribution in [2.24, 2.45) is 11.3 Å². The van der Waals surface area contributed by atoms with Gasteiger partial charge in [0.15, 0.2) is 0 Å². The molecule has 0 saturated carbocycles. The fraction of sp³-hybridized carbons (Fsp3) is 0.917. The highest BCUT2D eigenvalue weighted by Gasteiger charge is 2.52. The zero-order chi connectivity index (χ0) is 11.1. The normalized spacial score (nSPS) is 36.9. The molecule has 0 aromatic rings. The first-order valence-electron chi connectivity index (χ1n) is 5.90. The number of likely N-dealkylation sites (tertiary alicyclic amines) is 1. The van der Waals surface area contributed by atoms with E-state index in [1.165, 1.54) is 0 Å². The van der Waals surface area contributed by atoms with Gasteiger partial charge in [-0.1, -0.05) is 13.8 Å². The molecule has 2 aliphatic rings. The molecule has 2 atom stereocenters. The maximum atomic E-state index is 11.8. The topological polar surface area (TPSA) is 29.5 Å². The molecular formula is C12H21NO2. The van der Waals surface area contributed by atoms with E-state index in [0.29, 0.717) is 24.3 Å². The number of nitrogens with zero attached hydrogens (tertiary/aromatic N) is 1. The third kappa shape index (κ3) is 1.67. The molecule has 2 fully saturated rings. The van der Waals surface area contributed by atoms with Crippen molar-refractivity contribution in [1.82, 2.24) is 4.90 Å². The minimum Gasteiger partial charge on any atom is -0.381 e. The first kappa shape index (κ1) is 10.9. The van der Waals surface area contributed by atoms with Crippen LogP contribution in [0.25, 0.3) is 0 Å². The molecule has 0 aromatic carbocycles. The van der Waals surface area contributed by atoms with Crippen molar-refractivity contribution in [2.45, 2.75) is 39.2 Å². The minimum atomic E-state index is 0.109. The van der Waals surface area contributed by atoms with E-state index >= 15 is 0 Å². The smallest absolute Gasteiger partial charge is 0.223 e. The Morgan fingerprint density at radius 2 is 2.27 bits per heavy atom. The molecule has 2 aliphatic heterocycles. The molecule has 15 heavy (non-hydrogen) atoms. The quantitative estimate of drug-likeness (QED) is 0.660. The summed E-state index contributed by atoms with van der Waals surface area (Å²) in [5, 5.41) is 0. The van der Waals surface area contributed by atoms with Gasteiger partial charge in [0, 0.05) is 31.5 Å². The molecule has 1 amide bonds. The van der Waals surface area contributed by atoms with Crippen molar-refractivity contribution in [3.8, 4) is 0 Å². The largest absolute Gasteiger partial charge is 0.381 e. The van der Waals surface area contributed by atoms with Gasteiger partial charge in [-0.05, 0) is 18.8 Å². The van der Waals surface area contributed by atoms with Crippen molar-refractivity contribution in [1.29, 1.82) is 0 Å². The standard InChI is InChI=1S/C12H21NO2/c1-9(2)11-12(5-4-6-15-8-12)7-10(14)13(11)3/h9,11H,4-8H2,1-3H3. The van der Waals surface area contributed by atoms with Crippen molar-refractivity contribution < 1.29 is 9.53 Å². The molecule has 86 valence electrons. The molecule has 3 nitrogen and oxygen atoms in total. The lowest BCUT2D eigenvalue weighted by Crippen LogP contribution is -2.46. The van der Waals surface area contributed by atoms with E-state index in [0.717, 1.165) is 26.1 Å². The SMILES string of the molecule is CC(C)C1N(C)C(=O)CC12CCCOC2. The van der Waals surface area contributed by atoms with Gasteiger partial charge in [0.05, 0.1) is 6.61 Å². The summed E-state index contributed by atoms with van der Waals surface area (Å²) in [4.78, 5) is 13.8.